The quantitative estimate of drug-likeness (QED) is 0.772. The molecule has 1 N–H and O–H groups in total. The largest absolute Gasteiger partial charge is 0.379 e. The van der Waals surface area contributed by atoms with Crippen LogP contribution in [0.15, 0.2) is 34.9 Å². The summed E-state index contributed by atoms with van der Waals surface area (Å²) in [6, 6.07) is 7.33. The Kier molecular flexibility index (Phi) is 6.72. The summed E-state index contributed by atoms with van der Waals surface area (Å²) in [5.41, 5.74) is -0.0606. The fraction of sp³-hybridized carbons (Fsp3) is 0.421. The van der Waals surface area contributed by atoms with Gasteiger partial charge in [-0.15, -0.1) is 0 Å². The van der Waals surface area contributed by atoms with Crippen LogP contribution in [0.25, 0.3) is 0 Å². The van der Waals surface area contributed by atoms with E-state index in [1.807, 2.05) is 0 Å². The van der Waals surface area contributed by atoms with Crippen LogP contribution in [0, 0.1) is 12.7 Å². The highest BCUT2D eigenvalue weighted by atomic mass is 19.1. The standard InChI is InChI=1S/C19H23FN4O4/c1-14-12-17(22-28-14)21-18(25)13-24(7-6-23-8-10-27-11-9-23)19(26)15-4-2-3-5-16(15)20/h2-5,12H,6-11,13H2,1H3,(H,21,22,25). The van der Waals surface area contributed by atoms with Crippen LogP contribution in [0.5, 0.6) is 0 Å². The maximum atomic E-state index is 14.1. The number of nitrogens with zero attached hydrogens (tertiary/aromatic N) is 3. The van der Waals surface area contributed by atoms with Gasteiger partial charge >= 0.3 is 0 Å². The number of carbonyl (C=O) groups excluding carboxylic acids is 2. The minimum Gasteiger partial charge on any atom is -0.379 e. The molecule has 0 radical (unpaired) electrons. The van der Waals surface area contributed by atoms with Gasteiger partial charge in [0.05, 0.1) is 18.8 Å². The van der Waals surface area contributed by atoms with Gasteiger partial charge in [-0.1, -0.05) is 17.3 Å². The lowest BCUT2D eigenvalue weighted by molar-refractivity contribution is -0.117. The predicted octanol–water partition coefficient (Wildman–Crippen LogP) is 1.54. The molecule has 8 nitrogen and oxygen atoms in total. The zero-order chi connectivity index (χ0) is 19.9. The van der Waals surface area contributed by atoms with Gasteiger partial charge in [0.25, 0.3) is 5.91 Å². The smallest absolute Gasteiger partial charge is 0.257 e. The molecule has 1 aromatic heterocycles. The second kappa shape index (κ2) is 9.43. The molecule has 0 bridgehead atoms. The van der Waals surface area contributed by atoms with E-state index in [4.69, 9.17) is 9.26 Å². The maximum absolute atomic E-state index is 14.1. The second-order valence-corrected chi connectivity index (χ2v) is 6.53. The van der Waals surface area contributed by atoms with Crippen LogP contribution in [0.3, 0.4) is 0 Å². The van der Waals surface area contributed by atoms with Crippen molar-refractivity contribution < 1.29 is 23.2 Å². The van der Waals surface area contributed by atoms with Crippen LogP contribution < -0.4 is 5.32 Å². The number of hydrogen-bond donors (Lipinski definition) is 1. The third-order valence-electron chi connectivity index (χ3n) is 4.41. The Balaban J connectivity index is 1.68. The Bertz CT molecular complexity index is 820. The first-order chi connectivity index (χ1) is 13.5. The second-order valence-electron chi connectivity index (χ2n) is 6.53. The third kappa shape index (κ3) is 5.37. The number of anilines is 1. The van der Waals surface area contributed by atoms with E-state index in [0.717, 1.165) is 13.1 Å². The lowest BCUT2D eigenvalue weighted by Crippen LogP contribution is -2.45. The molecule has 0 unspecified atom stereocenters. The molecule has 0 aliphatic carbocycles. The van der Waals surface area contributed by atoms with Crippen molar-refractivity contribution in [2.75, 3.05) is 51.3 Å². The number of hydrogen-bond acceptors (Lipinski definition) is 6. The van der Waals surface area contributed by atoms with Gasteiger partial charge in [0.15, 0.2) is 5.82 Å². The van der Waals surface area contributed by atoms with E-state index < -0.39 is 17.6 Å². The van der Waals surface area contributed by atoms with E-state index >= 15 is 0 Å². The van der Waals surface area contributed by atoms with Crippen molar-refractivity contribution in [2.24, 2.45) is 0 Å². The van der Waals surface area contributed by atoms with Crippen LogP contribution in [0.2, 0.25) is 0 Å². The van der Waals surface area contributed by atoms with Crippen molar-refractivity contribution in [3.63, 3.8) is 0 Å². The van der Waals surface area contributed by atoms with Crippen LogP contribution in [-0.2, 0) is 9.53 Å². The van der Waals surface area contributed by atoms with Gasteiger partial charge in [0.2, 0.25) is 5.91 Å². The Hall–Kier alpha value is -2.78. The summed E-state index contributed by atoms with van der Waals surface area (Å²) in [5, 5.41) is 6.29. The van der Waals surface area contributed by atoms with E-state index in [2.05, 4.69) is 15.4 Å². The molecule has 1 fully saturated rings. The number of rotatable bonds is 7. The number of amides is 2. The number of carbonyl (C=O) groups is 2. The minimum absolute atomic E-state index is 0.0606. The number of halogens is 1. The number of benzene rings is 1. The predicted molar refractivity (Wildman–Crippen MR) is 99.4 cm³/mol. The van der Waals surface area contributed by atoms with Crippen LogP contribution in [-0.4, -0.2) is 72.7 Å². The van der Waals surface area contributed by atoms with Crippen molar-refractivity contribution in [1.29, 1.82) is 0 Å². The van der Waals surface area contributed by atoms with Gasteiger partial charge in [0.1, 0.15) is 18.1 Å². The summed E-state index contributed by atoms with van der Waals surface area (Å²) in [6.07, 6.45) is 0. The Morgan fingerprint density at radius 1 is 1.29 bits per heavy atom. The zero-order valence-corrected chi connectivity index (χ0v) is 15.7. The minimum atomic E-state index is -0.614. The monoisotopic (exact) mass is 390 g/mol. The molecule has 1 saturated heterocycles. The third-order valence-corrected chi connectivity index (χ3v) is 4.41. The highest BCUT2D eigenvalue weighted by Gasteiger charge is 2.23. The molecule has 1 aliphatic rings. The normalized spacial score (nSPS) is 14.6. The first kappa shape index (κ1) is 20.0. The summed E-state index contributed by atoms with van der Waals surface area (Å²) in [5.74, 6) is -0.745. The van der Waals surface area contributed by atoms with Crippen molar-refractivity contribution in [3.05, 3.63) is 47.5 Å². The molecule has 28 heavy (non-hydrogen) atoms. The number of aromatic nitrogens is 1. The molecule has 1 aromatic carbocycles. The summed E-state index contributed by atoms with van der Waals surface area (Å²) in [4.78, 5) is 28.7. The number of morpholine rings is 1. The van der Waals surface area contributed by atoms with E-state index in [-0.39, 0.29) is 17.9 Å². The molecule has 9 heteroatoms. The Morgan fingerprint density at radius 2 is 2.04 bits per heavy atom. The maximum Gasteiger partial charge on any atom is 0.257 e. The average molecular weight is 390 g/mol. The molecule has 2 aromatic rings. The average Bonchev–Trinajstić information content (AvgIpc) is 3.10. The van der Waals surface area contributed by atoms with Gasteiger partial charge in [-0.25, -0.2) is 4.39 Å². The van der Waals surface area contributed by atoms with Crippen LogP contribution >= 0.6 is 0 Å². The molecule has 0 atom stereocenters. The van der Waals surface area contributed by atoms with Gasteiger partial charge in [-0.05, 0) is 19.1 Å². The molecule has 2 amide bonds. The van der Waals surface area contributed by atoms with E-state index in [1.165, 1.54) is 23.1 Å². The molecule has 1 aliphatic heterocycles. The topological polar surface area (TPSA) is 87.9 Å². The van der Waals surface area contributed by atoms with Gasteiger partial charge in [-0.3, -0.25) is 14.5 Å². The van der Waals surface area contributed by atoms with Crippen LogP contribution in [0.1, 0.15) is 16.1 Å². The first-order valence-corrected chi connectivity index (χ1v) is 9.10. The molecular formula is C19H23FN4O4. The summed E-state index contributed by atoms with van der Waals surface area (Å²) in [7, 11) is 0. The van der Waals surface area contributed by atoms with Crippen molar-refractivity contribution >= 4 is 17.6 Å². The van der Waals surface area contributed by atoms with Crippen molar-refractivity contribution in [2.45, 2.75) is 6.92 Å². The Labute approximate surface area is 162 Å². The van der Waals surface area contributed by atoms with Gasteiger partial charge < -0.3 is 19.5 Å². The van der Waals surface area contributed by atoms with Crippen molar-refractivity contribution in [1.82, 2.24) is 15.0 Å². The fourth-order valence-electron chi connectivity index (χ4n) is 2.93. The Morgan fingerprint density at radius 3 is 2.71 bits per heavy atom. The number of aryl methyl sites for hydroxylation is 1. The van der Waals surface area contributed by atoms with Crippen molar-refractivity contribution in [3.8, 4) is 0 Å². The molecule has 0 spiro atoms. The van der Waals surface area contributed by atoms with Gasteiger partial charge in [-0.2, -0.15) is 0 Å². The molecule has 3 rings (SSSR count). The highest BCUT2D eigenvalue weighted by Crippen LogP contribution is 2.12. The summed E-state index contributed by atoms with van der Waals surface area (Å²) < 4.78 is 24.3. The van der Waals surface area contributed by atoms with Crippen LogP contribution in [0.4, 0.5) is 10.2 Å². The summed E-state index contributed by atoms with van der Waals surface area (Å²) >= 11 is 0. The first-order valence-electron chi connectivity index (χ1n) is 9.10. The molecule has 0 saturated carbocycles. The molecule has 150 valence electrons. The molecule has 2 heterocycles. The lowest BCUT2D eigenvalue weighted by atomic mass is 10.2. The van der Waals surface area contributed by atoms with Gasteiger partial charge in [0, 0.05) is 32.2 Å². The van der Waals surface area contributed by atoms with E-state index in [0.29, 0.717) is 32.1 Å². The molecular weight excluding hydrogens is 367 g/mol. The lowest BCUT2D eigenvalue weighted by Gasteiger charge is -2.30. The number of ether oxygens (including phenoxy) is 1. The van der Waals surface area contributed by atoms with E-state index in [1.54, 1.807) is 19.1 Å². The van der Waals surface area contributed by atoms with E-state index in [9.17, 15) is 14.0 Å². The number of nitrogens with one attached hydrogen (secondary N) is 1. The fourth-order valence-corrected chi connectivity index (χ4v) is 2.93. The SMILES string of the molecule is Cc1cc(NC(=O)CN(CCN2CCOCC2)C(=O)c2ccccc2F)no1. The zero-order valence-electron chi connectivity index (χ0n) is 15.7. The highest BCUT2D eigenvalue weighted by molar-refractivity contribution is 5.99. The summed E-state index contributed by atoms with van der Waals surface area (Å²) in [6.45, 7) is 5.12.